The maximum absolute atomic E-state index is 13.5. The Bertz CT molecular complexity index is 1110. The second-order valence-electron chi connectivity index (χ2n) is 11.8. The van der Waals surface area contributed by atoms with E-state index >= 15 is 0 Å². The fourth-order valence-corrected chi connectivity index (χ4v) is 6.38. The van der Waals surface area contributed by atoms with Crippen LogP contribution in [0.4, 0.5) is 26.3 Å². The molecule has 1 aliphatic carbocycles. The number of hydrogen-bond donors (Lipinski definition) is 1. The molecule has 2 aromatic carbocycles. The normalized spacial score (nSPS) is 24.2. The predicted octanol–water partition coefficient (Wildman–Crippen LogP) is 8.15. The van der Waals surface area contributed by atoms with Gasteiger partial charge in [-0.25, -0.2) is 0 Å². The van der Waals surface area contributed by atoms with Crippen molar-refractivity contribution >= 4 is 5.91 Å². The second kappa shape index (κ2) is 11.7. The molecule has 1 amide bonds. The molecular weight excluding hydrogens is 530 g/mol. The first kappa shape index (κ1) is 30.4. The summed E-state index contributed by atoms with van der Waals surface area (Å²) < 4.78 is 80.6. The Morgan fingerprint density at radius 1 is 0.850 bits per heavy atom. The Kier molecular flexibility index (Phi) is 8.93. The minimum absolute atomic E-state index is 0.0881. The third-order valence-electron chi connectivity index (χ3n) is 9.03. The number of benzene rings is 2. The molecule has 1 atom stereocenters. The quantitative estimate of drug-likeness (QED) is 0.357. The molecule has 1 aliphatic heterocycles. The molecule has 1 saturated carbocycles. The molecule has 0 spiro atoms. The lowest BCUT2D eigenvalue weighted by molar-refractivity contribution is -0.143. The highest BCUT2D eigenvalue weighted by Gasteiger charge is 2.42. The molecule has 1 saturated heterocycles. The van der Waals surface area contributed by atoms with E-state index in [0.717, 1.165) is 37.4 Å². The summed E-state index contributed by atoms with van der Waals surface area (Å²) in [6, 6.07) is 11.2. The molecule has 2 aromatic rings. The summed E-state index contributed by atoms with van der Waals surface area (Å²) >= 11 is 0. The fourth-order valence-electron chi connectivity index (χ4n) is 6.38. The van der Waals surface area contributed by atoms with Gasteiger partial charge in [0.2, 0.25) is 5.91 Å². The van der Waals surface area contributed by atoms with Crippen LogP contribution in [0.1, 0.15) is 87.5 Å². The summed E-state index contributed by atoms with van der Waals surface area (Å²) in [7, 11) is 0. The fraction of sp³-hybridized carbons (Fsp3) is 0.581. The lowest BCUT2D eigenvalue weighted by Crippen LogP contribution is -2.53. The van der Waals surface area contributed by atoms with Gasteiger partial charge in [0.05, 0.1) is 22.6 Å². The smallest absolute Gasteiger partial charge is 0.346 e. The first-order valence-electron chi connectivity index (χ1n) is 14.1. The van der Waals surface area contributed by atoms with E-state index in [4.69, 9.17) is 0 Å². The average Bonchev–Trinajstić information content (AvgIpc) is 2.92. The van der Waals surface area contributed by atoms with E-state index in [9.17, 15) is 31.1 Å². The van der Waals surface area contributed by atoms with Gasteiger partial charge in [0.1, 0.15) is 0 Å². The van der Waals surface area contributed by atoms with Crippen LogP contribution < -0.4 is 5.32 Å². The number of halogens is 6. The van der Waals surface area contributed by atoms with Crippen molar-refractivity contribution < 1.29 is 31.1 Å². The van der Waals surface area contributed by atoms with Gasteiger partial charge in [0.15, 0.2) is 0 Å². The molecule has 0 aromatic heterocycles. The van der Waals surface area contributed by atoms with E-state index in [1.807, 2.05) is 30.3 Å². The zero-order valence-corrected chi connectivity index (χ0v) is 23.2. The maximum atomic E-state index is 13.5. The van der Waals surface area contributed by atoms with Crippen LogP contribution in [0, 0.1) is 11.8 Å². The predicted molar refractivity (Wildman–Crippen MR) is 143 cm³/mol. The molecule has 3 nitrogen and oxygen atoms in total. The molecule has 0 bridgehead atoms. The highest BCUT2D eigenvalue weighted by atomic mass is 19.4. The largest absolute Gasteiger partial charge is 0.416 e. The second-order valence-corrected chi connectivity index (χ2v) is 11.8. The number of alkyl halides is 6. The van der Waals surface area contributed by atoms with Gasteiger partial charge in [-0.05, 0) is 99.7 Å². The number of hydrogen-bond acceptors (Lipinski definition) is 2. The molecule has 40 heavy (non-hydrogen) atoms. The highest BCUT2D eigenvalue weighted by molar-refractivity contribution is 5.84. The topological polar surface area (TPSA) is 32.3 Å². The Labute approximate surface area is 232 Å². The molecule has 1 N–H and O–H groups in total. The van der Waals surface area contributed by atoms with Crippen LogP contribution in [-0.4, -0.2) is 29.9 Å². The van der Waals surface area contributed by atoms with Crippen LogP contribution in [0.2, 0.25) is 0 Å². The van der Waals surface area contributed by atoms with E-state index in [2.05, 4.69) is 24.1 Å². The Balaban J connectivity index is 1.54. The number of nitrogens with one attached hydrogen (secondary N) is 1. The number of carbonyl (C=O) groups is 1. The van der Waals surface area contributed by atoms with Crippen molar-refractivity contribution in [2.45, 2.75) is 89.1 Å². The SMILES string of the molecule is CC(C(=O)NC1(c2ccccc2)CCC(N2CCC(C(C)C)CC2)CC1)c1cc(C(F)(F)F)cc(C(F)(F)F)c1. The van der Waals surface area contributed by atoms with E-state index in [0.29, 0.717) is 36.9 Å². The zero-order chi connectivity index (χ0) is 29.3. The van der Waals surface area contributed by atoms with Crippen molar-refractivity contribution in [2.24, 2.45) is 11.8 Å². The van der Waals surface area contributed by atoms with Gasteiger partial charge in [-0.3, -0.25) is 4.79 Å². The summed E-state index contributed by atoms with van der Waals surface area (Å²) in [5.41, 5.74) is -3.00. The number of piperidine rings is 1. The highest BCUT2D eigenvalue weighted by Crippen LogP contribution is 2.42. The standard InChI is InChI=1S/C31H38F6N2O/c1-20(2)22-11-15-39(16-12-22)27-9-13-29(14-10-27,24-7-5-4-6-8-24)38-28(40)21(3)23-17-25(30(32,33)34)19-26(18-23)31(35,36)37/h4-8,17-22,27H,9-16H2,1-3H3,(H,38,40). The van der Waals surface area contributed by atoms with E-state index in [1.54, 1.807) is 0 Å². The molecule has 9 heteroatoms. The van der Waals surface area contributed by atoms with Crippen molar-refractivity contribution in [3.8, 4) is 0 Å². The summed E-state index contributed by atoms with van der Waals surface area (Å²) in [5.74, 6) is -0.400. The van der Waals surface area contributed by atoms with Crippen LogP contribution in [0.3, 0.4) is 0 Å². The number of rotatable bonds is 6. The molecule has 220 valence electrons. The minimum Gasteiger partial charge on any atom is -0.346 e. The van der Waals surface area contributed by atoms with Gasteiger partial charge in [-0.1, -0.05) is 44.2 Å². The van der Waals surface area contributed by atoms with E-state index < -0.39 is 40.8 Å². The van der Waals surface area contributed by atoms with Crippen molar-refractivity contribution in [2.75, 3.05) is 13.1 Å². The van der Waals surface area contributed by atoms with Gasteiger partial charge < -0.3 is 10.2 Å². The molecule has 2 fully saturated rings. The molecule has 0 radical (unpaired) electrons. The lowest BCUT2D eigenvalue weighted by atomic mass is 9.73. The third kappa shape index (κ3) is 6.84. The first-order chi connectivity index (χ1) is 18.7. The third-order valence-corrected chi connectivity index (χ3v) is 9.03. The zero-order valence-electron chi connectivity index (χ0n) is 23.2. The molecule has 4 rings (SSSR count). The number of amides is 1. The summed E-state index contributed by atoms with van der Waals surface area (Å²) in [5, 5.41) is 3.09. The van der Waals surface area contributed by atoms with Crippen LogP contribution in [0.5, 0.6) is 0 Å². The molecule has 1 heterocycles. The Morgan fingerprint density at radius 2 is 1.38 bits per heavy atom. The van der Waals surface area contributed by atoms with Crippen LogP contribution in [-0.2, 0) is 22.7 Å². The molecular formula is C31H38F6N2O. The summed E-state index contributed by atoms with van der Waals surface area (Å²) in [4.78, 5) is 16.1. The summed E-state index contributed by atoms with van der Waals surface area (Å²) in [6.07, 6.45) is -4.64. The number of likely N-dealkylation sites (tertiary alicyclic amines) is 1. The molecule has 1 unspecified atom stereocenters. The van der Waals surface area contributed by atoms with Gasteiger partial charge in [-0.2, -0.15) is 26.3 Å². The Hall–Kier alpha value is -2.55. The van der Waals surface area contributed by atoms with E-state index in [1.165, 1.54) is 19.8 Å². The maximum Gasteiger partial charge on any atom is 0.416 e. The Morgan fingerprint density at radius 3 is 1.85 bits per heavy atom. The summed E-state index contributed by atoms with van der Waals surface area (Å²) in [6.45, 7) is 7.98. The van der Waals surface area contributed by atoms with Crippen LogP contribution in [0.15, 0.2) is 48.5 Å². The van der Waals surface area contributed by atoms with E-state index in [-0.39, 0.29) is 11.6 Å². The molecule has 2 aliphatic rings. The van der Waals surface area contributed by atoms with Gasteiger partial charge in [-0.15, -0.1) is 0 Å². The average molecular weight is 569 g/mol. The van der Waals surface area contributed by atoms with Gasteiger partial charge >= 0.3 is 12.4 Å². The van der Waals surface area contributed by atoms with Crippen LogP contribution in [0.25, 0.3) is 0 Å². The lowest BCUT2D eigenvalue weighted by Gasteiger charge is -2.46. The van der Waals surface area contributed by atoms with Crippen molar-refractivity contribution in [3.05, 3.63) is 70.8 Å². The van der Waals surface area contributed by atoms with Crippen molar-refractivity contribution in [3.63, 3.8) is 0 Å². The first-order valence-corrected chi connectivity index (χ1v) is 14.1. The van der Waals surface area contributed by atoms with Crippen LogP contribution >= 0.6 is 0 Å². The van der Waals surface area contributed by atoms with Crippen molar-refractivity contribution in [1.82, 2.24) is 10.2 Å². The number of carbonyl (C=O) groups excluding carboxylic acids is 1. The minimum atomic E-state index is -4.97. The van der Waals surface area contributed by atoms with Gasteiger partial charge in [0, 0.05) is 6.04 Å². The number of nitrogens with zero attached hydrogens (tertiary/aromatic N) is 1. The monoisotopic (exact) mass is 568 g/mol. The van der Waals surface area contributed by atoms with Gasteiger partial charge in [0.25, 0.3) is 0 Å². The van der Waals surface area contributed by atoms with Crippen molar-refractivity contribution in [1.29, 1.82) is 0 Å².